The molecule has 1 saturated heterocycles. The van der Waals surface area contributed by atoms with Crippen LogP contribution in [0.3, 0.4) is 0 Å². The fraction of sp³-hybridized carbons (Fsp3) is 0.588. The zero-order valence-electron chi connectivity index (χ0n) is 13.5. The maximum atomic E-state index is 12.7. The highest BCUT2D eigenvalue weighted by atomic mass is 35.5. The molecule has 4 nitrogen and oxygen atoms in total. The molecule has 124 valence electrons. The summed E-state index contributed by atoms with van der Waals surface area (Å²) in [5.41, 5.74) is 1.27. The van der Waals surface area contributed by atoms with E-state index in [2.05, 4.69) is 17.4 Å². The Morgan fingerprint density at radius 1 is 1.41 bits per heavy atom. The molecule has 1 amide bonds. The van der Waals surface area contributed by atoms with Crippen molar-refractivity contribution >= 4 is 18.3 Å². The van der Waals surface area contributed by atoms with Crippen molar-refractivity contribution in [2.24, 2.45) is 5.92 Å². The van der Waals surface area contributed by atoms with Crippen LogP contribution in [0.5, 0.6) is 0 Å². The van der Waals surface area contributed by atoms with Crippen LogP contribution >= 0.6 is 12.4 Å². The van der Waals surface area contributed by atoms with Crippen molar-refractivity contribution < 1.29 is 9.53 Å². The first-order chi connectivity index (χ1) is 10.2. The Labute approximate surface area is 139 Å². The van der Waals surface area contributed by atoms with Crippen LogP contribution in [0.25, 0.3) is 0 Å². The topological polar surface area (TPSA) is 41.6 Å². The lowest BCUT2D eigenvalue weighted by Gasteiger charge is -2.30. The largest absolute Gasteiger partial charge is 0.379 e. The van der Waals surface area contributed by atoms with Crippen LogP contribution in [0.1, 0.15) is 18.9 Å². The van der Waals surface area contributed by atoms with Crippen molar-refractivity contribution in [2.45, 2.75) is 25.8 Å². The van der Waals surface area contributed by atoms with Gasteiger partial charge in [-0.1, -0.05) is 37.3 Å². The van der Waals surface area contributed by atoms with Crippen LogP contribution in [-0.4, -0.2) is 50.2 Å². The number of amides is 1. The first-order valence-electron chi connectivity index (χ1n) is 7.79. The molecule has 0 saturated carbocycles. The third-order valence-electron chi connectivity index (χ3n) is 4.05. The second-order valence-electron chi connectivity index (χ2n) is 5.74. The molecule has 22 heavy (non-hydrogen) atoms. The highest BCUT2D eigenvalue weighted by Crippen LogP contribution is 2.16. The van der Waals surface area contributed by atoms with Crippen LogP contribution < -0.4 is 5.32 Å². The first kappa shape index (κ1) is 18.9. The van der Waals surface area contributed by atoms with Gasteiger partial charge < -0.3 is 15.0 Å². The van der Waals surface area contributed by atoms with E-state index in [1.165, 1.54) is 5.56 Å². The molecule has 2 atom stereocenters. The van der Waals surface area contributed by atoms with Crippen LogP contribution in [0.2, 0.25) is 0 Å². The maximum Gasteiger partial charge on any atom is 0.227 e. The van der Waals surface area contributed by atoms with E-state index >= 15 is 0 Å². The molecule has 1 aliphatic heterocycles. The molecule has 1 aliphatic rings. The van der Waals surface area contributed by atoms with E-state index in [1.54, 1.807) is 0 Å². The summed E-state index contributed by atoms with van der Waals surface area (Å²) in [6.07, 6.45) is 1.85. The number of ether oxygens (including phenoxy) is 1. The molecule has 0 aromatic heterocycles. The molecular weight excluding hydrogens is 300 g/mol. The molecule has 0 spiro atoms. The van der Waals surface area contributed by atoms with Crippen molar-refractivity contribution in [3.63, 3.8) is 0 Å². The van der Waals surface area contributed by atoms with Gasteiger partial charge in [-0.2, -0.15) is 0 Å². The van der Waals surface area contributed by atoms with Gasteiger partial charge in [0.1, 0.15) is 0 Å². The Kier molecular flexibility index (Phi) is 8.46. The molecule has 5 heteroatoms. The number of benzene rings is 1. The molecule has 1 heterocycles. The van der Waals surface area contributed by atoms with Gasteiger partial charge in [0.15, 0.2) is 0 Å². The molecule has 2 rings (SSSR count). The number of rotatable bonds is 7. The van der Waals surface area contributed by atoms with E-state index in [0.29, 0.717) is 13.2 Å². The summed E-state index contributed by atoms with van der Waals surface area (Å²) in [5.74, 6) is 0.238. The van der Waals surface area contributed by atoms with Crippen molar-refractivity contribution in [3.8, 4) is 0 Å². The Bertz CT molecular complexity index is 436. The van der Waals surface area contributed by atoms with Crippen LogP contribution in [0, 0.1) is 5.92 Å². The Morgan fingerprint density at radius 3 is 2.73 bits per heavy atom. The second kappa shape index (κ2) is 9.82. The van der Waals surface area contributed by atoms with Crippen molar-refractivity contribution in [1.82, 2.24) is 10.2 Å². The van der Waals surface area contributed by atoms with E-state index in [9.17, 15) is 4.79 Å². The fourth-order valence-electron chi connectivity index (χ4n) is 2.81. The maximum absolute atomic E-state index is 12.7. The van der Waals surface area contributed by atoms with E-state index in [4.69, 9.17) is 4.74 Å². The lowest BCUT2D eigenvalue weighted by molar-refractivity contribution is -0.137. The van der Waals surface area contributed by atoms with Gasteiger partial charge in [0.25, 0.3) is 0 Å². The molecule has 0 radical (unpaired) electrons. The lowest BCUT2D eigenvalue weighted by Crippen LogP contribution is -2.46. The van der Waals surface area contributed by atoms with Crippen molar-refractivity contribution in [3.05, 3.63) is 35.9 Å². The van der Waals surface area contributed by atoms with Crippen LogP contribution in [-0.2, 0) is 16.0 Å². The van der Waals surface area contributed by atoms with Crippen LogP contribution in [0.15, 0.2) is 30.3 Å². The predicted molar refractivity (Wildman–Crippen MR) is 91.4 cm³/mol. The number of hydrogen-bond acceptors (Lipinski definition) is 3. The zero-order valence-corrected chi connectivity index (χ0v) is 14.3. The minimum absolute atomic E-state index is 0. The fourth-order valence-corrected chi connectivity index (χ4v) is 2.81. The third kappa shape index (κ3) is 5.27. The van der Waals surface area contributed by atoms with Gasteiger partial charge in [0, 0.05) is 25.6 Å². The smallest absolute Gasteiger partial charge is 0.227 e. The van der Waals surface area contributed by atoms with Gasteiger partial charge in [-0.25, -0.2) is 0 Å². The number of nitrogens with one attached hydrogen (secondary N) is 1. The molecule has 2 unspecified atom stereocenters. The predicted octanol–water partition coefficient (Wildman–Crippen LogP) is 2.12. The van der Waals surface area contributed by atoms with Gasteiger partial charge in [0.05, 0.1) is 12.6 Å². The van der Waals surface area contributed by atoms with Crippen LogP contribution in [0.4, 0.5) is 0 Å². The number of nitrogens with zero attached hydrogens (tertiary/aromatic N) is 1. The molecule has 1 aromatic carbocycles. The molecule has 0 bridgehead atoms. The number of carbonyl (C=O) groups excluding carboxylic acids is 1. The quantitative estimate of drug-likeness (QED) is 0.834. The number of halogens is 1. The molecule has 1 N–H and O–H groups in total. The van der Waals surface area contributed by atoms with E-state index in [1.807, 2.05) is 37.1 Å². The number of hydrogen-bond donors (Lipinski definition) is 1. The summed E-state index contributed by atoms with van der Waals surface area (Å²) in [5, 5.41) is 3.09. The summed E-state index contributed by atoms with van der Waals surface area (Å²) in [6, 6.07) is 10.6. The summed E-state index contributed by atoms with van der Waals surface area (Å²) in [4.78, 5) is 14.7. The molecule has 1 fully saturated rings. The zero-order chi connectivity index (χ0) is 15.1. The van der Waals surface area contributed by atoms with Gasteiger partial charge in [-0.3, -0.25) is 4.79 Å². The SMILES string of the molecule is CNCC(C)C(=O)N(CCc1ccccc1)C1CCOC1.Cl. The monoisotopic (exact) mass is 326 g/mol. The standard InChI is InChI=1S/C17H26N2O2.ClH/c1-14(12-18-2)17(20)19(16-9-11-21-13-16)10-8-15-6-4-3-5-7-15;/h3-7,14,16,18H,8-13H2,1-2H3;1H. The normalized spacial score (nSPS) is 18.5. The average molecular weight is 327 g/mol. The Balaban J connectivity index is 0.00000242. The van der Waals surface area contributed by atoms with E-state index in [0.717, 1.165) is 26.0 Å². The minimum atomic E-state index is 0. The average Bonchev–Trinajstić information content (AvgIpc) is 3.03. The summed E-state index contributed by atoms with van der Waals surface area (Å²) in [6.45, 7) is 4.91. The van der Waals surface area contributed by atoms with Crippen molar-refractivity contribution in [2.75, 3.05) is 33.4 Å². The number of carbonyl (C=O) groups is 1. The van der Waals surface area contributed by atoms with Crippen molar-refractivity contribution in [1.29, 1.82) is 0 Å². The van der Waals surface area contributed by atoms with Gasteiger partial charge in [-0.15, -0.1) is 12.4 Å². The molecular formula is C17H27ClN2O2. The highest BCUT2D eigenvalue weighted by molar-refractivity contribution is 5.85. The summed E-state index contributed by atoms with van der Waals surface area (Å²) >= 11 is 0. The first-order valence-corrected chi connectivity index (χ1v) is 7.79. The van der Waals surface area contributed by atoms with Gasteiger partial charge >= 0.3 is 0 Å². The molecule has 0 aliphatic carbocycles. The third-order valence-corrected chi connectivity index (χ3v) is 4.05. The minimum Gasteiger partial charge on any atom is -0.379 e. The van der Waals surface area contributed by atoms with Gasteiger partial charge in [0.2, 0.25) is 5.91 Å². The lowest BCUT2D eigenvalue weighted by atomic mass is 10.1. The summed E-state index contributed by atoms with van der Waals surface area (Å²) < 4.78 is 5.47. The molecule has 1 aromatic rings. The Morgan fingerprint density at radius 2 is 2.14 bits per heavy atom. The van der Waals surface area contributed by atoms with E-state index in [-0.39, 0.29) is 30.3 Å². The highest BCUT2D eigenvalue weighted by Gasteiger charge is 2.29. The van der Waals surface area contributed by atoms with E-state index < -0.39 is 0 Å². The second-order valence-corrected chi connectivity index (χ2v) is 5.74. The van der Waals surface area contributed by atoms with Gasteiger partial charge in [-0.05, 0) is 25.5 Å². The Hall–Kier alpha value is -1.10. The summed E-state index contributed by atoms with van der Waals surface area (Å²) in [7, 11) is 1.89.